The SMILES string of the molecule is COCC(COC)c1c(-c2ccc(C(=O)OC)cc2)c2c(OCc3ccccc3)cccc2n1-c1ccc(F)c(F)c1. The number of halogens is 2. The first-order valence-electron chi connectivity index (χ1n) is 13.4. The van der Waals surface area contributed by atoms with Crippen molar-refractivity contribution in [3.8, 4) is 22.6 Å². The Bertz CT molecular complexity index is 1680. The van der Waals surface area contributed by atoms with E-state index in [1.54, 1.807) is 32.4 Å². The van der Waals surface area contributed by atoms with Gasteiger partial charge in [-0.2, -0.15) is 0 Å². The lowest BCUT2D eigenvalue weighted by Crippen LogP contribution is -2.17. The smallest absolute Gasteiger partial charge is 0.337 e. The number of esters is 1. The van der Waals surface area contributed by atoms with E-state index in [-0.39, 0.29) is 5.92 Å². The van der Waals surface area contributed by atoms with Crippen molar-refractivity contribution in [2.24, 2.45) is 0 Å². The number of methoxy groups -OCH3 is 3. The van der Waals surface area contributed by atoms with E-state index in [4.69, 9.17) is 18.9 Å². The predicted molar refractivity (Wildman–Crippen MR) is 157 cm³/mol. The second-order valence-corrected chi connectivity index (χ2v) is 9.80. The maximum absolute atomic E-state index is 14.7. The maximum Gasteiger partial charge on any atom is 0.337 e. The Morgan fingerprint density at radius 1 is 0.810 bits per heavy atom. The summed E-state index contributed by atoms with van der Waals surface area (Å²) in [7, 11) is 4.54. The minimum atomic E-state index is -0.962. The zero-order valence-corrected chi connectivity index (χ0v) is 23.6. The molecular weight excluding hydrogens is 540 g/mol. The Morgan fingerprint density at radius 3 is 2.17 bits per heavy atom. The number of rotatable bonds is 11. The second kappa shape index (κ2) is 13.0. The Balaban J connectivity index is 1.83. The van der Waals surface area contributed by atoms with Crippen LogP contribution in [-0.2, 0) is 20.8 Å². The molecule has 42 heavy (non-hydrogen) atoms. The van der Waals surface area contributed by atoms with E-state index < -0.39 is 17.6 Å². The summed E-state index contributed by atoms with van der Waals surface area (Å²) >= 11 is 0. The van der Waals surface area contributed by atoms with E-state index in [9.17, 15) is 13.6 Å². The minimum absolute atomic E-state index is 0.293. The Labute approximate surface area is 243 Å². The van der Waals surface area contributed by atoms with E-state index in [1.807, 2.05) is 65.2 Å². The fraction of sp³-hybridized carbons (Fsp3) is 0.206. The van der Waals surface area contributed by atoms with Gasteiger partial charge in [0.25, 0.3) is 0 Å². The van der Waals surface area contributed by atoms with Gasteiger partial charge in [-0.3, -0.25) is 0 Å². The number of ether oxygens (including phenoxy) is 4. The number of nitrogens with zero attached hydrogens (tertiary/aromatic N) is 1. The highest BCUT2D eigenvalue weighted by molar-refractivity contribution is 6.04. The van der Waals surface area contributed by atoms with E-state index in [0.29, 0.717) is 36.8 Å². The summed E-state index contributed by atoms with van der Waals surface area (Å²) in [5.74, 6) is -2.05. The van der Waals surface area contributed by atoms with E-state index in [0.717, 1.165) is 39.4 Å². The van der Waals surface area contributed by atoms with Crippen molar-refractivity contribution in [3.05, 3.63) is 119 Å². The van der Waals surface area contributed by atoms with Crippen LogP contribution in [0.15, 0.2) is 91.0 Å². The van der Waals surface area contributed by atoms with Crippen LogP contribution >= 0.6 is 0 Å². The van der Waals surface area contributed by atoms with Crippen molar-refractivity contribution in [1.29, 1.82) is 0 Å². The first-order chi connectivity index (χ1) is 20.5. The fourth-order valence-electron chi connectivity index (χ4n) is 5.26. The molecule has 8 heteroatoms. The second-order valence-electron chi connectivity index (χ2n) is 9.80. The molecule has 0 unspecified atom stereocenters. The van der Waals surface area contributed by atoms with Crippen LogP contribution in [0.1, 0.15) is 27.5 Å². The molecule has 5 aromatic rings. The summed E-state index contributed by atoms with van der Waals surface area (Å²) < 4.78 is 53.2. The van der Waals surface area contributed by atoms with Crippen molar-refractivity contribution in [3.63, 3.8) is 0 Å². The number of hydrogen-bond donors (Lipinski definition) is 0. The number of carbonyl (C=O) groups excluding carboxylic acids is 1. The van der Waals surface area contributed by atoms with Gasteiger partial charge in [-0.15, -0.1) is 0 Å². The highest BCUT2D eigenvalue weighted by atomic mass is 19.2. The van der Waals surface area contributed by atoms with Gasteiger partial charge in [-0.05, 0) is 47.5 Å². The molecule has 0 aliphatic carbocycles. The van der Waals surface area contributed by atoms with Gasteiger partial charge >= 0.3 is 5.97 Å². The largest absolute Gasteiger partial charge is 0.488 e. The molecular formula is C34H31F2NO5. The zero-order valence-electron chi connectivity index (χ0n) is 23.6. The molecule has 0 spiro atoms. The van der Waals surface area contributed by atoms with Crippen LogP contribution in [-0.4, -0.2) is 45.1 Å². The third-order valence-corrected chi connectivity index (χ3v) is 7.11. The summed E-state index contributed by atoms with van der Waals surface area (Å²) in [6, 6.07) is 26.4. The van der Waals surface area contributed by atoms with Gasteiger partial charge in [0, 0.05) is 43.1 Å². The number of carbonyl (C=O) groups is 1. The van der Waals surface area contributed by atoms with E-state index in [1.165, 1.54) is 13.2 Å². The standard InChI is InChI=1S/C34H31F2NO5/c1-39-20-25(21-40-2)33-31(23-12-14-24(15-13-23)34(38)41-3)32-29(37(33)26-16-17-27(35)28(36)18-26)10-7-11-30(32)42-19-22-8-5-4-6-9-22/h4-18,25H,19-21H2,1-3H3. The van der Waals surface area contributed by atoms with Crippen LogP contribution in [0, 0.1) is 11.6 Å². The van der Waals surface area contributed by atoms with Gasteiger partial charge in [0.2, 0.25) is 0 Å². The highest BCUT2D eigenvalue weighted by Gasteiger charge is 2.29. The quantitative estimate of drug-likeness (QED) is 0.156. The molecule has 0 atom stereocenters. The van der Waals surface area contributed by atoms with Crippen molar-refractivity contribution >= 4 is 16.9 Å². The molecule has 0 saturated heterocycles. The van der Waals surface area contributed by atoms with Crippen LogP contribution in [0.5, 0.6) is 5.75 Å². The van der Waals surface area contributed by atoms with Crippen LogP contribution < -0.4 is 4.74 Å². The van der Waals surface area contributed by atoms with Gasteiger partial charge in [-0.1, -0.05) is 48.5 Å². The molecule has 0 amide bonds. The molecule has 0 fully saturated rings. The molecule has 0 aliphatic rings. The monoisotopic (exact) mass is 571 g/mol. The summed E-state index contributed by atoms with van der Waals surface area (Å²) in [6.45, 7) is 0.911. The predicted octanol–water partition coefficient (Wildman–Crippen LogP) is 7.32. The molecule has 0 N–H and O–H groups in total. The zero-order chi connectivity index (χ0) is 29.6. The van der Waals surface area contributed by atoms with Gasteiger partial charge in [0.15, 0.2) is 11.6 Å². The molecule has 5 rings (SSSR count). The van der Waals surface area contributed by atoms with Gasteiger partial charge in [0.1, 0.15) is 12.4 Å². The first-order valence-corrected chi connectivity index (χ1v) is 13.4. The van der Waals surface area contributed by atoms with Crippen LogP contribution in [0.3, 0.4) is 0 Å². The Kier molecular flexibility index (Phi) is 8.95. The normalized spacial score (nSPS) is 11.3. The van der Waals surface area contributed by atoms with Crippen molar-refractivity contribution in [1.82, 2.24) is 4.57 Å². The number of hydrogen-bond acceptors (Lipinski definition) is 5. The minimum Gasteiger partial charge on any atom is -0.488 e. The molecule has 1 aromatic heterocycles. The average molecular weight is 572 g/mol. The average Bonchev–Trinajstić information content (AvgIpc) is 3.37. The van der Waals surface area contributed by atoms with Gasteiger partial charge in [-0.25, -0.2) is 13.6 Å². The van der Waals surface area contributed by atoms with Crippen LogP contribution in [0.2, 0.25) is 0 Å². The fourth-order valence-corrected chi connectivity index (χ4v) is 5.26. The highest BCUT2D eigenvalue weighted by Crippen LogP contribution is 2.45. The molecule has 0 radical (unpaired) electrons. The van der Waals surface area contributed by atoms with Crippen molar-refractivity contribution in [2.75, 3.05) is 34.5 Å². The van der Waals surface area contributed by atoms with Gasteiger partial charge < -0.3 is 23.5 Å². The number of aromatic nitrogens is 1. The molecule has 0 saturated carbocycles. The summed E-state index contributed by atoms with van der Waals surface area (Å²) in [4.78, 5) is 12.2. The van der Waals surface area contributed by atoms with Crippen molar-refractivity contribution < 1.29 is 32.5 Å². The molecule has 4 aromatic carbocycles. The lowest BCUT2D eigenvalue weighted by molar-refractivity contribution is 0.0600. The van der Waals surface area contributed by atoms with Crippen LogP contribution in [0.4, 0.5) is 8.78 Å². The van der Waals surface area contributed by atoms with E-state index >= 15 is 0 Å². The first kappa shape index (κ1) is 29.0. The number of fused-ring (bicyclic) bond motifs is 1. The molecule has 216 valence electrons. The molecule has 0 bridgehead atoms. The summed E-state index contributed by atoms with van der Waals surface area (Å²) in [6.07, 6.45) is 0. The maximum atomic E-state index is 14.7. The van der Waals surface area contributed by atoms with Crippen LogP contribution in [0.25, 0.3) is 27.7 Å². The third-order valence-electron chi connectivity index (χ3n) is 7.11. The lowest BCUT2D eigenvalue weighted by Gasteiger charge is -2.21. The van der Waals surface area contributed by atoms with E-state index in [2.05, 4.69) is 0 Å². The Hall–Kier alpha value is -4.53. The molecule has 1 heterocycles. The molecule has 0 aliphatic heterocycles. The Morgan fingerprint density at radius 2 is 1.52 bits per heavy atom. The topological polar surface area (TPSA) is 58.9 Å². The third kappa shape index (κ3) is 5.77. The summed E-state index contributed by atoms with van der Waals surface area (Å²) in [5, 5.41) is 0.774. The molecule has 6 nitrogen and oxygen atoms in total. The summed E-state index contributed by atoms with van der Waals surface area (Å²) in [5.41, 5.74) is 4.91. The van der Waals surface area contributed by atoms with Crippen molar-refractivity contribution in [2.45, 2.75) is 12.5 Å². The number of benzene rings is 4. The van der Waals surface area contributed by atoms with Gasteiger partial charge in [0.05, 0.1) is 36.8 Å². The lowest BCUT2D eigenvalue weighted by atomic mass is 9.94.